The summed E-state index contributed by atoms with van der Waals surface area (Å²) in [5.74, 6) is -0.801. The van der Waals surface area contributed by atoms with E-state index in [0.717, 1.165) is 36.9 Å². The Hall–Kier alpha value is -0.520. The average molecular weight is 372 g/mol. The predicted octanol–water partition coefficient (Wildman–Crippen LogP) is 4.25. The second-order valence-corrected chi connectivity index (χ2v) is 8.34. The zero-order chi connectivity index (χ0) is 15.4. The third kappa shape index (κ3) is 5.01. The fourth-order valence-corrected chi connectivity index (χ4v) is 4.10. The number of rotatable bonds is 5. The number of carboxylic acids is 1. The lowest BCUT2D eigenvalue weighted by atomic mass is 9.97. The number of halogens is 1. The summed E-state index contributed by atoms with van der Waals surface area (Å²) in [6.45, 7) is 7.06. The van der Waals surface area contributed by atoms with E-state index >= 15 is 0 Å². The van der Waals surface area contributed by atoms with Crippen LogP contribution in [0.25, 0.3) is 0 Å². The van der Waals surface area contributed by atoms with Gasteiger partial charge in [0, 0.05) is 21.2 Å². The van der Waals surface area contributed by atoms with Crippen molar-refractivity contribution in [1.29, 1.82) is 0 Å². The van der Waals surface area contributed by atoms with Crippen LogP contribution in [0.15, 0.2) is 27.6 Å². The molecule has 1 aromatic carbocycles. The van der Waals surface area contributed by atoms with Gasteiger partial charge in [0.25, 0.3) is 0 Å². The second kappa shape index (κ2) is 7.65. The van der Waals surface area contributed by atoms with Crippen LogP contribution < -0.4 is 0 Å². The standard InChI is InChI=1S/C16H22BrNO2S/c1-11(2)21-15-9-14(17)4-3-13(15)10-18-7-5-12(6-8-18)16(19)20/h3-4,9,11-12H,5-8,10H2,1-2H3,(H,19,20). The largest absolute Gasteiger partial charge is 0.481 e. The number of benzene rings is 1. The van der Waals surface area contributed by atoms with E-state index in [1.807, 2.05) is 11.8 Å². The fourth-order valence-electron chi connectivity index (χ4n) is 2.60. The summed E-state index contributed by atoms with van der Waals surface area (Å²) in [4.78, 5) is 14.7. The number of carboxylic acid groups (broad SMARTS) is 1. The number of likely N-dealkylation sites (tertiary alicyclic amines) is 1. The lowest BCUT2D eigenvalue weighted by Crippen LogP contribution is -2.35. The minimum atomic E-state index is -0.644. The van der Waals surface area contributed by atoms with Crippen LogP contribution in [0.2, 0.25) is 0 Å². The summed E-state index contributed by atoms with van der Waals surface area (Å²) < 4.78 is 1.11. The summed E-state index contributed by atoms with van der Waals surface area (Å²) in [7, 11) is 0. The maximum Gasteiger partial charge on any atom is 0.306 e. The Kier molecular flexibility index (Phi) is 6.14. The molecule has 1 aliphatic heterocycles. The highest BCUT2D eigenvalue weighted by Crippen LogP contribution is 2.31. The molecular formula is C16H22BrNO2S. The van der Waals surface area contributed by atoms with Gasteiger partial charge < -0.3 is 5.11 Å². The SMILES string of the molecule is CC(C)Sc1cc(Br)ccc1CN1CCC(C(=O)O)CC1. The van der Waals surface area contributed by atoms with E-state index in [0.29, 0.717) is 5.25 Å². The molecule has 0 saturated carbocycles. The fraction of sp³-hybridized carbons (Fsp3) is 0.562. The highest BCUT2D eigenvalue weighted by atomic mass is 79.9. The van der Waals surface area contributed by atoms with E-state index in [9.17, 15) is 4.79 Å². The number of carbonyl (C=O) groups is 1. The van der Waals surface area contributed by atoms with Gasteiger partial charge >= 0.3 is 5.97 Å². The maximum atomic E-state index is 11.0. The zero-order valence-electron chi connectivity index (χ0n) is 12.5. The first-order chi connectivity index (χ1) is 9.95. The van der Waals surface area contributed by atoms with Crippen LogP contribution >= 0.6 is 27.7 Å². The molecule has 0 atom stereocenters. The van der Waals surface area contributed by atoms with E-state index in [4.69, 9.17) is 5.11 Å². The van der Waals surface area contributed by atoms with Gasteiger partial charge in [-0.05, 0) is 43.6 Å². The van der Waals surface area contributed by atoms with Crippen molar-refractivity contribution in [3.05, 3.63) is 28.2 Å². The van der Waals surface area contributed by atoms with Crippen molar-refractivity contribution in [1.82, 2.24) is 4.90 Å². The minimum absolute atomic E-state index is 0.157. The Bertz CT molecular complexity index is 499. The van der Waals surface area contributed by atoms with Crippen LogP contribution in [-0.4, -0.2) is 34.3 Å². The second-order valence-electron chi connectivity index (χ2n) is 5.81. The number of nitrogens with zero attached hydrogens (tertiary/aromatic N) is 1. The number of hydrogen-bond donors (Lipinski definition) is 1. The highest BCUT2D eigenvalue weighted by molar-refractivity contribution is 9.10. The third-order valence-corrected chi connectivity index (χ3v) is 5.32. The number of piperidine rings is 1. The Morgan fingerprint density at radius 3 is 2.67 bits per heavy atom. The molecule has 116 valence electrons. The molecule has 0 radical (unpaired) electrons. The van der Waals surface area contributed by atoms with Crippen molar-refractivity contribution >= 4 is 33.7 Å². The molecule has 3 nitrogen and oxygen atoms in total. The van der Waals surface area contributed by atoms with Crippen molar-refractivity contribution in [2.75, 3.05) is 13.1 Å². The Balaban J connectivity index is 2.01. The van der Waals surface area contributed by atoms with E-state index < -0.39 is 5.97 Å². The first-order valence-electron chi connectivity index (χ1n) is 7.36. The van der Waals surface area contributed by atoms with Crippen molar-refractivity contribution in [2.24, 2.45) is 5.92 Å². The molecule has 0 bridgehead atoms. The average Bonchev–Trinajstić information content (AvgIpc) is 2.42. The van der Waals surface area contributed by atoms with Gasteiger partial charge in [-0.3, -0.25) is 9.69 Å². The first kappa shape index (κ1) is 16.8. The van der Waals surface area contributed by atoms with Gasteiger partial charge in [-0.1, -0.05) is 35.8 Å². The molecule has 1 saturated heterocycles. The lowest BCUT2D eigenvalue weighted by Gasteiger charge is -2.30. The van der Waals surface area contributed by atoms with Crippen molar-refractivity contribution in [3.63, 3.8) is 0 Å². The van der Waals surface area contributed by atoms with Crippen LogP contribution in [0, 0.1) is 5.92 Å². The van der Waals surface area contributed by atoms with Crippen LogP contribution in [0.4, 0.5) is 0 Å². The monoisotopic (exact) mass is 371 g/mol. The molecule has 1 aliphatic rings. The molecule has 0 unspecified atom stereocenters. The number of hydrogen-bond acceptors (Lipinski definition) is 3. The van der Waals surface area contributed by atoms with Gasteiger partial charge in [0.2, 0.25) is 0 Å². The summed E-state index contributed by atoms with van der Waals surface area (Å²) >= 11 is 5.43. The lowest BCUT2D eigenvalue weighted by molar-refractivity contribution is -0.143. The van der Waals surface area contributed by atoms with Crippen molar-refractivity contribution < 1.29 is 9.90 Å². The molecule has 0 spiro atoms. The van der Waals surface area contributed by atoms with Crippen LogP contribution in [-0.2, 0) is 11.3 Å². The molecule has 21 heavy (non-hydrogen) atoms. The van der Waals surface area contributed by atoms with Crippen LogP contribution in [0.1, 0.15) is 32.3 Å². The van der Waals surface area contributed by atoms with Crippen molar-refractivity contribution in [2.45, 2.75) is 43.4 Å². The molecule has 5 heteroatoms. The van der Waals surface area contributed by atoms with Gasteiger partial charge in [-0.25, -0.2) is 0 Å². The Morgan fingerprint density at radius 1 is 1.43 bits per heavy atom. The van der Waals surface area contributed by atoms with E-state index in [1.165, 1.54) is 10.5 Å². The number of aliphatic carboxylic acids is 1. The van der Waals surface area contributed by atoms with E-state index in [2.05, 4.69) is 52.9 Å². The molecule has 1 fully saturated rings. The van der Waals surface area contributed by atoms with Gasteiger partial charge in [-0.15, -0.1) is 11.8 Å². The molecule has 1 aromatic rings. The summed E-state index contributed by atoms with van der Waals surface area (Å²) in [5.41, 5.74) is 1.34. The van der Waals surface area contributed by atoms with Gasteiger partial charge in [0.05, 0.1) is 5.92 Å². The maximum absolute atomic E-state index is 11.0. The number of thioether (sulfide) groups is 1. The predicted molar refractivity (Wildman–Crippen MR) is 90.8 cm³/mol. The van der Waals surface area contributed by atoms with Crippen LogP contribution in [0.5, 0.6) is 0 Å². The molecule has 1 N–H and O–H groups in total. The van der Waals surface area contributed by atoms with Gasteiger partial charge in [0.1, 0.15) is 0 Å². The molecule has 0 aromatic heterocycles. The molecular weight excluding hydrogens is 350 g/mol. The zero-order valence-corrected chi connectivity index (χ0v) is 14.9. The summed E-state index contributed by atoms with van der Waals surface area (Å²) in [5, 5.41) is 9.61. The minimum Gasteiger partial charge on any atom is -0.481 e. The van der Waals surface area contributed by atoms with Crippen LogP contribution in [0.3, 0.4) is 0 Å². The molecule has 0 aliphatic carbocycles. The van der Waals surface area contributed by atoms with Crippen molar-refractivity contribution in [3.8, 4) is 0 Å². The molecule has 0 amide bonds. The van der Waals surface area contributed by atoms with Gasteiger partial charge in [-0.2, -0.15) is 0 Å². The van der Waals surface area contributed by atoms with Gasteiger partial charge in [0.15, 0.2) is 0 Å². The Labute approximate surface area is 139 Å². The quantitative estimate of drug-likeness (QED) is 0.785. The Morgan fingerprint density at radius 2 is 2.10 bits per heavy atom. The topological polar surface area (TPSA) is 40.5 Å². The van der Waals surface area contributed by atoms with E-state index in [1.54, 1.807) is 0 Å². The molecule has 2 rings (SSSR count). The third-order valence-electron chi connectivity index (χ3n) is 3.72. The first-order valence-corrected chi connectivity index (χ1v) is 9.03. The summed E-state index contributed by atoms with van der Waals surface area (Å²) in [6, 6.07) is 6.45. The van der Waals surface area contributed by atoms with E-state index in [-0.39, 0.29) is 5.92 Å². The molecule has 1 heterocycles. The normalized spacial score (nSPS) is 17.3. The smallest absolute Gasteiger partial charge is 0.306 e. The highest BCUT2D eigenvalue weighted by Gasteiger charge is 2.24. The summed E-state index contributed by atoms with van der Waals surface area (Å²) in [6.07, 6.45) is 1.52.